The van der Waals surface area contributed by atoms with Crippen LogP contribution in [0.2, 0.25) is 0 Å². The molecular weight excluding hydrogens is 469 g/mol. The summed E-state index contributed by atoms with van der Waals surface area (Å²) in [5.41, 5.74) is 0.328. The number of aliphatic hydroxyl groups excluding tert-OH is 1. The second-order valence-corrected chi connectivity index (χ2v) is 9.22. The fraction of sp³-hybridized carbons (Fsp3) is 0.577. The Morgan fingerprint density at radius 2 is 2.00 bits per heavy atom. The number of benzene rings is 1. The summed E-state index contributed by atoms with van der Waals surface area (Å²) in [6.07, 6.45) is 0.731. The summed E-state index contributed by atoms with van der Waals surface area (Å²) in [6, 6.07) is 9.43. The zero-order valence-electron chi connectivity index (χ0n) is 20.6. The molecule has 36 heavy (non-hydrogen) atoms. The van der Waals surface area contributed by atoms with E-state index in [0.29, 0.717) is 77.0 Å². The molecule has 1 aromatic carbocycles. The fourth-order valence-electron chi connectivity index (χ4n) is 4.51. The number of ether oxygens (including phenoxy) is 3. The first-order chi connectivity index (χ1) is 17.6. The van der Waals surface area contributed by atoms with E-state index in [2.05, 4.69) is 9.80 Å². The van der Waals surface area contributed by atoms with Crippen LogP contribution < -0.4 is 0 Å². The van der Waals surface area contributed by atoms with Crippen molar-refractivity contribution in [3.8, 4) is 0 Å². The summed E-state index contributed by atoms with van der Waals surface area (Å²) in [4.78, 5) is 19.4. The lowest BCUT2D eigenvalue weighted by atomic mass is 10.1. The van der Waals surface area contributed by atoms with Crippen molar-refractivity contribution >= 4 is 5.91 Å². The topological polar surface area (TPSA) is 87.9 Å². The van der Waals surface area contributed by atoms with Gasteiger partial charge in [0.2, 0.25) is 0 Å². The van der Waals surface area contributed by atoms with Crippen molar-refractivity contribution in [2.75, 3.05) is 78.8 Å². The van der Waals surface area contributed by atoms with E-state index in [1.54, 1.807) is 29.4 Å². The minimum absolute atomic E-state index is 0.201. The number of morpholine rings is 2. The van der Waals surface area contributed by atoms with E-state index in [1.165, 1.54) is 12.1 Å². The zero-order chi connectivity index (χ0) is 25.2. The Morgan fingerprint density at radius 1 is 1.17 bits per heavy atom. The number of rotatable bonds is 12. The molecule has 1 N–H and O–H groups in total. The predicted octanol–water partition coefficient (Wildman–Crippen LogP) is 1.47. The van der Waals surface area contributed by atoms with Crippen molar-refractivity contribution in [1.82, 2.24) is 14.7 Å². The first-order valence-corrected chi connectivity index (χ1v) is 12.5. The van der Waals surface area contributed by atoms with Crippen LogP contribution >= 0.6 is 0 Å². The fourth-order valence-corrected chi connectivity index (χ4v) is 4.51. The van der Waals surface area contributed by atoms with E-state index in [1.807, 2.05) is 6.07 Å². The van der Waals surface area contributed by atoms with E-state index in [4.69, 9.17) is 18.6 Å². The first kappa shape index (κ1) is 26.7. The normalized spacial score (nSPS) is 20.3. The standard InChI is InChI=1S/C26H36FN3O6/c27-22-4-1-3-21(15-22)26(32)30(7-6-28-8-12-33-13-9-28)18-25-17-29(10-14-36-25)16-23(31)19-34-20-24-5-2-11-35-24/h1-5,11,15,23,25,31H,6-10,12-14,16-20H2. The van der Waals surface area contributed by atoms with Gasteiger partial charge in [-0.15, -0.1) is 0 Å². The number of aliphatic hydroxyl groups is 1. The Bertz CT molecular complexity index is 924. The smallest absolute Gasteiger partial charge is 0.254 e. The molecule has 1 amide bonds. The molecule has 2 fully saturated rings. The first-order valence-electron chi connectivity index (χ1n) is 12.5. The average molecular weight is 506 g/mol. The van der Waals surface area contributed by atoms with Crippen LogP contribution in [-0.4, -0.2) is 117 Å². The zero-order valence-corrected chi connectivity index (χ0v) is 20.6. The van der Waals surface area contributed by atoms with Gasteiger partial charge in [-0.3, -0.25) is 14.6 Å². The molecule has 2 aromatic rings. The minimum atomic E-state index is -0.648. The van der Waals surface area contributed by atoms with Crippen molar-refractivity contribution < 1.29 is 32.9 Å². The maximum atomic E-state index is 13.8. The van der Waals surface area contributed by atoms with Gasteiger partial charge in [0, 0.05) is 57.9 Å². The Hall–Kier alpha value is -2.34. The van der Waals surface area contributed by atoms with Crippen LogP contribution in [0.3, 0.4) is 0 Å². The van der Waals surface area contributed by atoms with E-state index < -0.39 is 11.9 Å². The summed E-state index contributed by atoms with van der Waals surface area (Å²) in [5.74, 6) is 0.0703. The van der Waals surface area contributed by atoms with Crippen LogP contribution in [0.5, 0.6) is 0 Å². The number of nitrogens with zero attached hydrogens (tertiary/aromatic N) is 3. The SMILES string of the molecule is O=C(c1cccc(F)c1)N(CCN1CCOCC1)CC1CN(CC(O)COCc2ccco2)CCO1. The molecule has 2 aliphatic heterocycles. The lowest BCUT2D eigenvalue weighted by molar-refractivity contribution is -0.0610. The van der Waals surface area contributed by atoms with Crippen LogP contribution in [0.4, 0.5) is 4.39 Å². The highest BCUT2D eigenvalue weighted by atomic mass is 19.1. The van der Waals surface area contributed by atoms with Crippen molar-refractivity contribution in [3.63, 3.8) is 0 Å². The average Bonchev–Trinajstić information content (AvgIpc) is 3.40. The molecule has 0 aliphatic carbocycles. The van der Waals surface area contributed by atoms with Crippen molar-refractivity contribution in [1.29, 1.82) is 0 Å². The molecule has 0 radical (unpaired) electrons. The Morgan fingerprint density at radius 3 is 2.78 bits per heavy atom. The van der Waals surface area contributed by atoms with E-state index in [0.717, 1.165) is 13.1 Å². The van der Waals surface area contributed by atoms with Crippen molar-refractivity contribution in [2.45, 2.75) is 18.8 Å². The Kier molecular flexibility index (Phi) is 10.3. The summed E-state index contributed by atoms with van der Waals surface area (Å²) >= 11 is 0. The number of halogens is 1. The molecule has 10 heteroatoms. The number of carbonyl (C=O) groups excluding carboxylic acids is 1. The highest BCUT2D eigenvalue weighted by Gasteiger charge is 2.27. The van der Waals surface area contributed by atoms with Crippen molar-refractivity contribution in [3.05, 3.63) is 59.8 Å². The molecule has 0 bridgehead atoms. The van der Waals surface area contributed by atoms with E-state index in [9.17, 15) is 14.3 Å². The summed E-state index contributed by atoms with van der Waals surface area (Å²) in [5, 5.41) is 10.4. The van der Waals surface area contributed by atoms with Gasteiger partial charge in [-0.25, -0.2) is 4.39 Å². The van der Waals surface area contributed by atoms with Crippen LogP contribution in [-0.2, 0) is 20.8 Å². The van der Waals surface area contributed by atoms with Crippen molar-refractivity contribution in [2.24, 2.45) is 0 Å². The van der Waals surface area contributed by atoms with Gasteiger partial charge < -0.3 is 28.6 Å². The van der Waals surface area contributed by atoms with E-state index in [-0.39, 0.29) is 18.6 Å². The van der Waals surface area contributed by atoms with Gasteiger partial charge in [0.1, 0.15) is 18.2 Å². The number of carbonyl (C=O) groups is 1. The molecule has 4 rings (SSSR count). The second-order valence-electron chi connectivity index (χ2n) is 9.22. The largest absolute Gasteiger partial charge is 0.467 e. The summed E-state index contributed by atoms with van der Waals surface area (Å²) < 4.78 is 36.0. The lowest BCUT2D eigenvalue weighted by Gasteiger charge is -2.37. The maximum absolute atomic E-state index is 13.8. The van der Waals surface area contributed by atoms with Gasteiger partial charge in [0.15, 0.2) is 0 Å². The Balaban J connectivity index is 1.30. The van der Waals surface area contributed by atoms with Crippen LogP contribution in [0.15, 0.2) is 47.1 Å². The van der Waals surface area contributed by atoms with Gasteiger partial charge in [-0.1, -0.05) is 6.07 Å². The van der Waals surface area contributed by atoms with Crippen LogP contribution in [0.1, 0.15) is 16.1 Å². The predicted molar refractivity (Wildman–Crippen MR) is 130 cm³/mol. The molecule has 2 saturated heterocycles. The molecule has 9 nitrogen and oxygen atoms in total. The number of hydrogen-bond donors (Lipinski definition) is 1. The van der Waals surface area contributed by atoms with Gasteiger partial charge in [0.05, 0.1) is 44.9 Å². The van der Waals surface area contributed by atoms with Gasteiger partial charge in [-0.05, 0) is 30.3 Å². The number of amides is 1. The highest BCUT2D eigenvalue weighted by molar-refractivity contribution is 5.94. The van der Waals surface area contributed by atoms with Gasteiger partial charge >= 0.3 is 0 Å². The quantitative estimate of drug-likeness (QED) is 0.464. The van der Waals surface area contributed by atoms with Gasteiger partial charge in [-0.2, -0.15) is 0 Å². The lowest BCUT2D eigenvalue weighted by Crippen LogP contribution is -2.52. The Labute approximate surface area is 211 Å². The monoisotopic (exact) mass is 505 g/mol. The third-order valence-electron chi connectivity index (χ3n) is 6.40. The number of hydrogen-bond acceptors (Lipinski definition) is 8. The molecule has 2 aliphatic rings. The summed E-state index contributed by atoms with van der Waals surface area (Å²) in [6.45, 7) is 7.40. The number of β-amino-alcohol motifs (C(OH)–C–C–N with tert-alkyl or cyclic N) is 1. The van der Waals surface area contributed by atoms with Crippen LogP contribution in [0, 0.1) is 5.82 Å². The van der Waals surface area contributed by atoms with Gasteiger partial charge in [0.25, 0.3) is 5.91 Å². The molecule has 1 aromatic heterocycles. The molecular formula is C26H36FN3O6. The molecule has 198 valence electrons. The highest BCUT2D eigenvalue weighted by Crippen LogP contribution is 2.13. The molecule has 0 spiro atoms. The maximum Gasteiger partial charge on any atom is 0.254 e. The molecule has 3 heterocycles. The minimum Gasteiger partial charge on any atom is -0.467 e. The van der Waals surface area contributed by atoms with E-state index >= 15 is 0 Å². The third-order valence-corrected chi connectivity index (χ3v) is 6.40. The van der Waals surface area contributed by atoms with Crippen LogP contribution in [0.25, 0.3) is 0 Å². The number of furan rings is 1. The summed E-state index contributed by atoms with van der Waals surface area (Å²) in [7, 11) is 0. The second kappa shape index (κ2) is 13.8. The molecule has 2 atom stereocenters. The molecule has 0 saturated carbocycles. The third kappa shape index (κ3) is 8.36. The molecule has 2 unspecified atom stereocenters.